The fourth-order valence-corrected chi connectivity index (χ4v) is 1.99. The Morgan fingerprint density at radius 2 is 2.12 bits per heavy atom. The molecule has 0 saturated carbocycles. The third-order valence-corrected chi connectivity index (χ3v) is 2.82. The summed E-state index contributed by atoms with van der Waals surface area (Å²) in [5, 5.41) is 6.58. The Morgan fingerprint density at radius 3 is 2.94 bits per heavy atom. The number of morpholine rings is 1. The summed E-state index contributed by atoms with van der Waals surface area (Å²) >= 11 is 0. The van der Waals surface area contributed by atoms with Gasteiger partial charge in [0.2, 0.25) is 0 Å². The molecule has 3 rings (SSSR count). The van der Waals surface area contributed by atoms with Crippen molar-refractivity contribution in [1.29, 1.82) is 0 Å². The van der Waals surface area contributed by atoms with Gasteiger partial charge in [0.1, 0.15) is 0 Å². The molecule has 5 nitrogen and oxygen atoms in total. The van der Waals surface area contributed by atoms with Crippen LogP contribution < -0.4 is 15.5 Å². The lowest BCUT2D eigenvalue weighted by Gasteiger charge is -2.28. The van der Waals surface area contributed by atoms with Crippen LogP contribution in [0, 0.1) is 0 Å². The molecule has 2 aliphatic rings. The Bertz CT molecular complexity index is 427. The number of urea groups is 1. The van der Waals surface area contributed by atoms with Crippen LogP contribution >= 0.6 is 0 Å². The van der Waals surface area contributed by atoms with Gasteiger partial charge < -0.3 is 15.0 Å². The first-order valence-electron chi connectivity index (χ1n) is 5.32. The van der Waals surface area contributed by atoms with Crippen molar-refractivity contribution in [2.75, 3.05) is 36.5 Å². The molecule has 0 unspecified atom stereocenters. The highest BCUT2D eigenvalue weighted by Gasteiger charge is 2.20. The number of anilines is 2. The zero-order chi connectivity index (χ0) is 11.0. The van der Waals surface area contributed by atoms with E-state index < -0.39 is 0 Å². The van der Waals surface area contributed by atoms with E-state index in [1.54, 1.807) is 0 Å². The number of nitrogens with one attached hydrogen (secondary N) is 1. The maximum absolute atomic E-state index is 11.1. The second kappa shape index (κ2) is 3.68. The number of hydrogen-bond donors (Lipinski definition) is 1. The van der Waals surface area contributed by atoms with Crippen LogP contribution in [0.3, 0.4) is 0 Å². The quantitative estimate of drug-likeness (QED) is 0.773. The van der Waals surface area contributed by atoms with Gasteiger partial charge in [0.25, 0.3) is 0 Å². The molecule has 0 bridgehead atoms. The minimum absolute atomic E-state index is 0.283. The number of benzene rings is 1. The summed E-state index contributed by atoms with van der Waals surface area (Å²) in [7, 11) is 0. The maximum atomic E-state index is 11.1. The second-order valence-electron chi connectivity index (χ2n) is 3.84. The lowest BCUT2D eigenvalue weighted by atomic mass is 10.2. The van der Waals surface area contributed by atoms with E-state index in [4.69, 9.17) is 4.74 Å². The Kier molecular flexibility index (Phi) is 2.18. The highest BCUT2D eigenvalue weighted by atomic mass is 16.5. The predicted octanol–water partition coefficient (Wildman–Crippen LogP) is 1.30. The Balaban J connectivity index is 1.86. The van der Waals surface area contributed by atoms with Gasteiger partial charge in [0.05, 0.1) is 24.6 Å². The molecule has 0 aliphatic carbocycles. The minimum atomic E-state index is -0.283. The van der Waals surface area contributed by atoms with Crippen LogP contribution in [-0.4, -0.2) is 32.3 Å². The Morgan fingerprint density at radius 1 is 1.31 bits per heavy atom. The zero-order valence-corrected chi connectivity index (χ0v) is 8.77. The summed E-state index contributed by atoms with van der Waals surface area (Å²) in [4.78, 5) is 13.3. The summed E-state index contributed by atoms with van der Waals surface area (Å²) in [6, 6.07) is 5.56. The molecule has 83 valence electrons. The Labute approximate surface area is 93.4 Å². The molecular weight excluding hydrogens is 206 g/mol. The average molecular weight is 218 g/mol. The first-order chi connectivity index (χ1) is 7.83. The normalized spacial score (nSPS) is 19.0. The predicted molar refractivity (Wildman–Crippen MR) is 60.3 cm³/mol. The summed E-state index contributed by atoms with van der Waals surface area (Å²) in [6.45, 7) is 3.29. The van der Waals surface area contributed by atoms with Crippen molar-refractivity contribution in [2.24, 2.45) is 0 Å². The van der Waals surface area contributed by atoms with Crippen molar-refractivity contribution in [3.05, 3.63) is 18.2 Å². The number of amides is 2. The van der Waals surface area contributed by atoms with Gasteiger partial charge in [-0.3, -0.25) is 0 Å². The van der Waals surface area contributed by atoms with Gasteiger partial charge in [0.15, 0.2) is 0 Å². The van der Waals surface area contributed by atoms with Gasteiger partial charge in [-0.1, -0.05) is 0 Å². The van der Waals surface area contributed by atoms with E-state index in [2.05, 4.69) is 15.5 Å². The zero-order valence-electron chi connectivity index (χ0n) is 8.77. The molecule has 1 N–H and O–H groups in total. The fraction of sp³-hybridized carbons (Fsp3) is 0.364. The van der Waals surface area contributed by atoms with Crippen LogP contribution in [0.1, 0.15) is 0 Å². The van der Waals surface area contributed by atoms with Gasteiger partial charge in [-0.05, 0) is 18.2 Å². The van der Waals surface area contributed by atoms with Gasteiger partial charge in [0, 0.05) is 18.8 Å². The largest absolute Gasteiger partial charge is 0.378 e. The van der Waals surface area contributed by atoms with Gasteiger partial charge in [-0.25, -0.2) is 4.79 Å². The lowest BCUT2D eigenvalue weighted by molar-refractivity contribution is 0.122. The van der Waals surface area contributed by atoms with Gasteiger partial charge in [-0.2, -0.15) is 5.32 Å². The van der Waals surface area contributed by atoms with Crippen LogP contribution in [-0.2, 0) is 4.74 Å². The van der Waals surface area contributed by atoms with E-state index >= 15 is 0 Å². The minimum Gasteiger partial charge on any atom is -0.378 e. The number of carbonyl (C=O) groups excluding carboxylic acids is 1. The molecule has 2 amide bonds. The van der Waals surface area contributed by atoms with E-state index in [-0.39, 0.29) is 6.03 Å². The molecule has 0 aromatic heterocycles. The number of ether oxygens (including phenoxy) is 1. The highest BCUT2D eigenvalue weighted by Crippen LogP contribution is 2.31. The topological polar surface area (TPSA) is 55.7 Å². The maximum Gasteiger partial charge on any atom is 0.346 e. The van der Waals surface area contributed by atoms with E-state index in [0.29, 0.717) is 0 Å². The van der Waals surface area contributed by atoms with Crippen molar-refractivity contribution < 1.29 is 9.53 Å². The number of rotatable bonds is 1. The van der Waals surface area contributed by atoms with Crippen molar-refractivity contribution in [2.45, 2.75) is 0 Å². The smallest absolute Gasteiger partial charge is 0.346 e. The van der Waals surface area contributed by atoms with Crippen LogP contribution in [0.15, 0.2) is 18.2 Å². The van der Waals surface area contributed by atoms with Crippen LogP contribution in [0.4, 0.5) is 21.9 Å². The summed E-state index contributed by atoms with van der Waals surface area (Å²) < 4.78 is 5.30. The third kappa shape index (κ3) is 1.59. The molecule has 1 radical (unpaired) electrons. The lowest BCUT2D eigenvalue weighted by Crippen LogP contribution is -2.36. The molecule has 5 heteroatoms. The van der Waals surface area contributed by atoms with Gasteiger partial charge >= 0.3 is 6.03 Å². The molecule has 1 aromatic carbocycles. The van der Waals surface area contributed by atoms with Crippen molar-refractivity contribution in [3.63, 3.8) is 0 Å². The molecule has 1 aromatic rings. The van der Waals surface area contributed by atoms with Gasteiger partial charge in [-0.15, -0.1) is 0 Å². The molecule has 0 atom stereocenters. The van der Waals surface area contributed by atoms with E-state index in [9.17, 15) is 4.79 Å². The summed E-state index contributed by atoms with van der Waals surface area (Å²) in [5.74, 6) is 0. The number of fused-ring (bicyclic) bond motifs is 1. The standard InChI is InChI=1S/C11H12N3O2/c15-11-12-9-2-1-8(7-10(9)13-11)14-3-5-16-6-4-14/h1-2,7H,3-6H2,(H,12,15). The van der Waals surface area contributed by atoms with Crippen molar-refractivity contribution in [1.82, 2.24) is 5.32 Å². The molecule has 1 fully saturated rings. The average Bonchev–Trinajstić information content (AvgIpc) is 2.69. The number of carbonyl (C=O) groups is 1. The highest BCUT2D eigenvalue weighted by molar-refractivity contribution is 6.02. The molecule has 0 spiro atoms. The van der Waals surface area contributed by atoms with Crippen molar-refractivity contribution in [3.8, 4) is 0 Å². The first kappa shape index (κ1) is 9.47. The molecular formula is C11H12N3O2. The summed E-state index contributed by atoms with van der Waals surface area (Å²) in [6.07, 6.45) is 0. The third-order valence-electron chi connectivity index (χ3n) is 2.82. The molecule has 1 saturated heterocycles. The number of nitrogens with zero attached hydrogens (tertiary/aromatic N) is 2. The van der Waals surface area contributed by atoms with Crippen molar-refractivity contribution >= 4 is 23.1 Å². The van der Waals surface area contributed by atoms with Crippen LogP contribution in [0.2, 0.25) is 0 Å². The Hall–Kier alpha value is -1.75. The van der Waals surface area contributed by atoms with E-state index in [1.807, 2.05) is 18.2 Å². The first-order valence-corrected chi connectivity index (χ1v) is 5.32. The number of hydrogen-bond acceptors (Lipinski definition) is 3. The summed E-state index contributed by atoms with van der Waals surface area (Å²) in [5.41, 5.74) is 2.62. The monoisotopic (exact) mass is 218 g/mol. The second-order valence-corrected chi connectivity index (χ2v) is 3.84. The fourth-order valence-electron chi connectivity index (χ4n) is 1.99. The molecule has 2 aliphatic heterocycles. The SMILES string of the molecule is O=C1[N]c2cc(N3CCOCC3)ccc2N1. The molecule has 2 heterocycles. The van der Waals surface area contributed by atoms with E-state index in [0.717, 1.165) is 43.4 Å². The van der Waals surface area contributed by atoms with Crippen LogP contribution in [0.5, 0.6) is 0 Å². The van der Waals surface area contributed by atoms with Crippen LogP contribution in [0.25, 0.3) is 0 Å². The molecule has 16 heavy (non-hydrogen) atoms. The van der Waals surface area contributed by atoms with E-state index in [1.165, 1.54) is 0 Å².